The van der Waals surface area contributed by atoms with Crippen molar-refractivity contribution < 1.29 is 50.4 Å². The van der Waals surface area contributed by atoms with Gasteiger partial charge in [-0.1, -0.05) is 57.1 Å². The molecule has 1 aliphatic rings. The predicted molar refractivity (Wildman–Crippen MR) is 142 cm³/mol. The molecule has 10 heteroatoms. The molecule has 0 spiro atoms. The molecule has 4 rings (SSSR count). The first kappa shape index (κ1) is 31.7. The van der Waals surface area contributed by atoms with Crippen LogP contribution in [-0.4, -0.2) is 52.3 Å². The first-order chi connectivity index (χ1) is 17.2. The molecule has 200 valence electrons. The molecule has 1 aliphatic heterocycles. The molecule has 3 aromatic rings. The fraction of sp³-hybridized carbons (Fsp3) is 0.519. The minimum Gasteiger partial charge on any atom is -0.537 e. The fourth-order valence-electron chi connectivity index (χ4n) is 4.07. The maximum atomic E-state index is 12.6. The molecule has 37 heavy (non-hydrogen) atoms. The summed E-state index contributed by atoms with van der Waals surface area (Å²) in [4.78, 5) is 24.8. The zero-order valence-corrected chi connectivity index (χ0v) is 27.5. The first-order valence-electron chi connectivity index (χ1n) is 12.3. The maximum absolute atomic E-state index is 12.6. The number of carbonyl (C=O) groups is 1. The van der Waals surface area contributed by atoms with Crippen molar-refractivity contribution in [2.75, 3.05) is 20.1 Å². The van der Waals surface area contributed by atoms with Crippen molar-refractivity contribution in [2.24, 2.45) is 5.92 Å². The number of β-amino-alcohol motifs (C(OH)–C–C–N with tert-alkyl or cyclic N) is 1. The third-order valence-corrected chi connectivity index (χ3v) is 7.15. The number of aliphatic hydroxyl groups is 1. The normalized spacial score (nSPS) is 15.9. The molecule has 1 fully saturated rings. The molecule has 2 atom stereocenters. The molecule has 1 saturated heterocycles. The number of amides is 1. The van der Waals surface area contributed by atoms with E-state index >= 15 is 0 Å². The number of hydrogen-bond acceptors (Lipinski definition) is 7. The molecule has 1 amide bonds. The number of hydroxylamine groups is 1. The number of benzene rings is 1. The van der Waals surface area contributed by atoms with Gasteiger partial charge in [-0.3, -0.25) is 4.79 Å². The standard InChI is InChI=1S/C15H24N2O3.C12H13N2OS.U/c1-9(2)12-7-13(20-16-12)14(10(3)4)15(19)17-6-5-11(18)8-17;1-9-12(16-8-14-9)11-5-3-10(4-6-11)7-15-13-2;/h7,9-11,14,18H,5-6,8H2,1-4H3;3-6,8H,7H2,1-2H3;/q;-1;. The second-order valence-corrected chi connectivity index (χ2v) is 10.5. The minimum atomic E-state index is -0.396. The van der Waals surface area contributed by atoms with Gasteiger partial charge >= 0.3 is 0 Å². The summed E-state index contributed by atoms with van der Waals surface area (Å²) >= 11 is 1.67. The van der Waals surface area contributed by atoms with Crippen LogP contribution >= 0.6 is 11.3 Å². The first-order valence-corrected chi connectivity index (χ1v) is 13.2. The Morgan fingerprint density at radius 3 is 2.46 bits per heavy atom. The number of hydrogen-bond donors (Lipinski definition) is 1. The van der Waals surface area contributed by atoms with E-state index in [-0.39, 0.29) is 54.8 Å². The second-order valence-electron chi connectivity index (χ2n) is 9.68. The molecule has 8 nitrogen and oxygen atoms in total. The molecule has 2 unspecified atom stereocenters. The van der Waals surface area contributed by atoms with Gasteiger partial charge in [-0.15, -0.1) is 18.4 Å². The topological polar surface area (TPSA) is 103 Å². The quantitative estimate of drug-likeness (QED) is 0.297. The molecule has 2 aromatic heterocycles. The Morgan fingerprint density at radius 2 is 1.97 bits per heavy atom. The van der Waals surface area contributed by atoms with E-state index in [1.54, 1.807) is 23.3 Å². The van der Waals surface area contributed by atoms with Crippen LogP contribution in [0.3, 0.4) is 0 Å². The van der Waals surface area contributed by atoms with Crippen LogP contribution in [0.25, 0.3) is 15.9 Å². The summed E-state index contributed by atoms with van der Waals surface area (Å²) < 4.78 is 5.40. The van der Waals surface area contributed by atoms with Crippen LogP contribution in [0.1, 0.15) is 68.7 Å². The van der Waals surface area contributed by atoms with Gasteiger partial charge in [0.15, 0.2) is 0 Å². The van der Waals surface area contributed by atoms with Gasteiger partial charge in [0.2, 0.25) is 5.91 Å². The number of nitrogens with zero attached hydrogens (tertiary/aromatic N) is 4. The average Bonchev–Trinajstić information content (AvgIpc) is 3.60. The molecule has 1 aromatic carbocycles. The summed E-state index contributed by atoms with van der Waals surface area (Å²) in [5.41, 5.74) is 9.77. The number of thiazole rings is 1. The van der Waals surface area contributed by atoms with Gasteiger partial charge in [0.05, 0.1) is 34.5 Å². The van der Waals surface area contributed by atoms with Crippen LogP contribution in [0, 0.1) is 44.0 Å². The fourth-order valence-corrected chi connectivity index (χ4v) is 4.88. The van der Waals surface area contributed by atoms with Crippen molar-refractivity contribution in [3.8, 4) is 10.4 Å². The van der Waals surface area contributed by atoms with E-state index in [1.807, 2.05) is 46.2 Å². The number of carbonyl (C=O) groups excluding carboxylic acids is 1. The van der Waals surface area contributed by atoms with Gasteiger partial charge in [0.25, 0.3) is 0 Å². The Balaban J connectivity index is 0.000000259. The molecule has 1 N–H and O–H groups in total. The Labute approximate surface area is 247 Å². The maximum Gasteiger partial charge on any atom is 0.233 e. The molecule has 0 aliphatic carbocycles. The van der Waals surface area contributed by atoms with Gasteiger partial charge in [-0.05, 0) is 36.3 Å². The van der Waals surface area contributed by atoms with Crippen molar-refractivity contribution >= 4 is 17.2 Å². The Kier molecular flexibility index (Phi) is 13.0. The zero-order valence-electron chi connectivity index (χ0n) is 22.5. The summed E-state index contributed by atoms with van der Waals surface area (Å²) in [5.74, 6) is 0.760. The monoisotopic (exact) mass is 751 g/mol. The Hall–Kier alpha value is -1.54. The second kappa shape index (κ2) is 15.2. The molecule has 0 radical (unpaired) electrons. The Bertz CT molecular complexity index is 1100. The molecule has 0 bridgehead atoms. The predicted octanol–water partition coefficient (Wildman–Crippen LogP) is 5.68. The van der Waals surface area contributed by atoms with Crippen LogP contribution in [0.5, 0.6) is 0 Å². The van der Waals surface area contributed by atoms with Crippen LogP contribution in [0.15, 0.2) is 40.4 Å². The summed E-state index contributed by atoms with van der Waals surface area (Å²) in [5, 5.41) is 13.6. The number of aryl methyl sites for hydroxylation is 1. The van der Waals surface area contributed by atoms with Gasteiger partial charge < -0.3 is 24.8 Å². The number of aliphatic hydroxyl groups excluding tert-OH is 1. The summed E-state index contributed by atoms with van der Waals surface area (Å²) in [7, 11) is 1.63. The van der Waals surface area contributed by atoms with Gasteiger partial charge in [0.1, 0.15) is 11.7 Å². The van der Waals surface area contributed by atoms with Gasteiger partial charge in [0, 0.05) is 50.3 Å². The molecule has 0 saturated carbocycles. The van der Waals surface area contributed by atoms with Crippen LogP contribution in [-0.2, 0) is 16.2 Å². The minimum absolute atomic E-state index is 0. The van der Waals surface area contributed by atoms with E-state index in [0.29, 0.717) is 31.9 Å². The van der Waals surface area contributed by atoms with Crippen molar-refractivity contribution in [2.45, 2.75) is 65.6 Å². The third kappa shape index (κ3) is 8.74. The van der Waals surface area contributed by atoms with E-state index in [0.717, 1.165) is 17.0 Å². The molecule has 3 heterocycles. The summed E-state index contributed by atoms with van der Waals surface area (Å²) in [6, 6.07) is 10.2. The van der Waals surface area contributed by atoms with Crippen molar-refractivity contribution in [1.82, 2.24) is 15.0 Å². The van der Waals surface area contributed by atoms with Crippen molar-refractivity contribution in [1.29, 1.82) is 0 Å². The van der Waals surface area contributed by atoms with Crippen LogP contribution in [0.4, 0.5) is 0 Å². The number of aromatic nitrogens is 2. The van der Waals surface area contributed by atoms with E-state index in [1.165, 1.54) is 10.4 Å². The van der Waals surface area contributed by atoms with Gasteiger partial charge in [-0.2, -0.15) is 0 Å². The molecular weight excluding hydrogens is 714 g/mol. The molecular formula is C27H37N4O4SU-. The van der Waals surface area contributed by atoms with Crippen LogP contribution in [0.2, 0.25) is 0 Å². The van der Waals surface area contributed by atoms with Gasteiger partial charge in [-0.25, -0.2) is 4.98 Å². The number of likely N-dealkylation sites (tertiary alicyclic amines) is 1. The zero-order chi connectivity index (χ0) is 26.2. The van der Waals surface area contributed by atoms with E-state index in [9.17, 15) is 9.90 Å². The third-order valence-electron chi connectivity index (χ3n) is 6.17. The SMILES string of the molecule is CC(C)c1cc(C(C(=O)N2CCC(O)C2)C(C)C)on1.C[N-]OCc1ccc(-c2scnc2C)cc1.[U]. The average molecular weight is 752 g/mol. The van der Waals surface area contributed by atoms with Crippen molar-refractivity contribution in [3.05, 3.63) is 64.0 Å². The van der Waals surface area contributed by atoms with Crippen LogP contribution < -0.4 is 0 Å². The Morgan fingerprint density at radius 1 is 1.27 bits per heavy atom. The number of rotatable bonds is 8. The smallest absolute Gasteiger partial charge is 0.233 e. The van der Waals surface area contributed by atoms with E-state index < -0.39 is 6.10 Å². The largest absolute Gasteiger partial charge is 0.537 e. The van der Waals surface area contributed by atoms with Crippen molar-refractivity contribution in [3.63, 3.8) is 0 Å². The summed E-state index contributed by atoms with van der Waals surface area (Å²) in [6.45, 7) is 11.7. The summed E-state index contributed by atoms with van der Waals surface area (Å²) in [6.07, 6.45) is 0.261. The van der Waals surface area contributed by atoms with E-state index in [2.05, 4.69) is 39.9 Å². The van der Waals surface area contributed by atoms with E-state index in [4.69, 9.17) is 9.36 Å².